The van der Waals surface area contributed by atoms with E-state index in [0.717, 1.165) is 0 Å². The van der Waals surface area contributed by atoms with E-state index in [1.165, 1.54) is 19.6 Å². The van der Waals surface area contributed by atoms with Gasteiger partial charge in [0.1, 0.15) is 48.8 Å². The van der Waals surface area contributed by atoms with E-state index in [1.807, 2.05) is 0 Å². The quantitative estimate of drug-likeness (QED) is 0.131. The smallest absolute Gasteiger partial charge is 0.394 e. The molecule has 2 aliphatic rings. The van der Waals surface area contributed by atoms with Gasteiger partial charge in [0.15, 0.2) is 12.6 Å². The third-order valence-corrected chi connectivity index (χ3v) is 6.47. The minimum Gasteiger partial charge on any atom is -0.394 e. The van der Waals surface area contributed by atoms with E-state index >= 15 is 0 Å². The monoisotopic (exact) mass is 523 g/mol. The lowest BCUT2D eigenvalue weighted by Gasteiger charge is -2.40. The molecule has 0 aromatic heterocycles. The van der Waals surface area contributed by atoms with E-state index in [4.69, 9.17) is 14.6 Å². The molecule has 2 rings (SSSR count). The van der Waals surface area contributed by atoms with E-state index < -0.39 is 82.4 Å². The zero-order valence-electron chi connectivity index (χ0n) is 19.3. The number of hydrogen-bond acceptors (Lipinski definition) is 14. The van der Waals surface area contributed by atoms with Crippen LogP contribution >= 0.6 is 7.82 Å². The summed E-state index contributed by atoms with van der Waals surface area (Å²) in [6, 6.07) is 0. The molecule has 34 heavy (non-hydrogen) atoms. The Morgan fingerprint density at radius 3 is 1.74 bits per heavy atom. The molecule has 0 amide bonds. The third-order valence-electron chi connectivity index (χ3n) is 5.52. The van der Waals surface area contributed by atoms with E-state index in [2.05, 4.69) is 34.7 Å². The van der Waals surface area contributed by atoms with Crippen LogP contribution in [0.15, 0.2) is 0 Å². The fourth-order valence-electron chi connectivity index (χ4n) is 3.22. The van der Waals surface area contributed by atoms with Crippen molar-refractivity contribution in [3.8, 4) is 0 Å². The van der Waals surface area contributed by atoms with Crippen LogP contribution in [0.1, 0.15) is 20.8 Å². The Morgan fingerprint density at radius 1 is 0.765 bits per heavy atom. The summed E-state index contributed by atoms with van der Waals surface area (Å²) in [5.41, 5.74) is 0. The molecule has 0 bridgehead atoms. The fourth-order valence-corrected chi connectivity index (χ4v) is 4.06. The number of hydrogen-bond donors (Lipinski definition) is 9. The molecule has 11 atom stereocenters. The molecular weight excluding hydrogens is 485 g/mol. The van der Waals surface area contributed by atoms with E-state index in [9.17, 15) is 45.2 Å². The number of ether oxygens (including phenoxy) is 2. The molecule has 0 aromatic rings. The first-order valence-corrected chi connectivity index (χ1v) is 12.4. The summed E-state index contributed by atoms with van der Waals surface area (Å²) in [5, 5.41) is 76.0. The lowest BCUT2D eigenvalue weighted by atomic mass is 10.00. The Bertz CT molecular complexity index is 620. The van der Waals surface area contributed by atoms with Gasteiger partial charge < -0.3 is 60.1 Å². The third kappa shape index (κ3) is 8.65. The van der Waals surface area contributed by atoms with Crippen LogP contribution < -0.4 is 0 Å². The van der Waals surface area contributed by atoms with Crippen LogP contribution in [0.4, 0.5) is 0 Å². The van der Waals surface area contributed by atoms with Crippen LogP contribution in [0, 0.1) is 0 Å². The van der Waals surface area contributed by atoms with Crippen molar-refractivity contribution >= 4 is 7.82 Å². The number of phosphoric ester groups is 1. The first kappa shape index (κ1) is 31.7. The summed E-state index contributed by atoms with van der Waals surface area (Å²) >= 11 is 0. The maximum Gasteiger partial charge on any atom is 0.474 e. The van der Waals surface area contributed by atoms with Crippen LogP contribution in [0.25, 0.3) is 0 Å². The summed E-state index contributed by atoms with van der Waals surface area (Å²) < 4.78 is 30.7. The van der Waals surface area contributed by atoms with Crippen LogP contribution in [-0.2, 0) is 23.1 Å². The first-order valence-electron chi connectivity index (χ1n) is 10.9. The fraction of sp³-hybridized carbons (Fsp3) is 1.00. The first-order chi connectivity index (χ1) is 15.8. The zero-order valence-corrected chi connectivity index (χ0v) is 20.2. The van der Waals surface area contributed by atoms with E-state index in [1.54, 1.807) is 0 Å². The topological polar surface area (TPSA) is 239 Å². The van der Waals surface area contributed by atoms with Crippen LogP contribution in [0.3, 0.4) is 0 Å². The van der Waals surface area contributed by atoms with Crippen molar-refractivity contribution in [1.29, 1.82) is 0 Å². The minimum absolute atomic E-state index is 0.790. The summed E-state index contributed by atoms with van der Waals surface area (Å²) in [6.07, 6.45) is -17.6. The van der Waals surface area contributed by atoms with Crippen molar-refractivity contribution in [2.45, 2.75) is 82.2 Å². The van der Waals surface area contributed by atoms with Gasteiger partial charge in [0.25, 0.3) is 0 Å². The number of aliphatic hydroxyl groups is 8. The Balaban J connectivity index is 0.000000718. The minimum atomic E-state index is -5.01. The Kier molecular flexibility index (Phi) is 13.4. The Hall–Kier alpha value is -0.330. The van der Waals surface area contributed by atoms with Gasteiger partial charge in [0.05, 0.1) is 13.2 Å². The van der Waals surface area contributed by atoms with Crippen molar-refractivity contribution in [2.24, 2.45) is 0 Å². The predicted octanol–water partition coefficient (Wildman–Crippen LogP) is -3.93. The van der Waals surface area contributed by atoms with Gasteiger partial charge in [0, 0.05) is 0 Å². The van der Waals surface area contributed by atoms with Gasteiger partial charge in [-0.2, -0.15) is 0 Å². The van der Waals surface area contributed by atoms with Crippen molar-refractivity contribution in [2.75, 3.05) is 32.8 Å². The zero-order chi connectivity index (χ0) is 26.2. The van der Waals surface area contributed by atoms with Gasteiger partial charge >= 0.3 is 7.82 Å². The van der Waals surface area contributed by atoms with E-state index in [-0.39, 0.29) is 0 Å². The number of phosphoric acid groups is 1. The Morgan fingerprint density at radius 2 is 1.26 bits per heavy atom. The lowest BCUT2D eigenvalue weighted by molar-refractivity contribution is -0.289. The summed E-state index contributed by atoms with van der Waals surface area (Å²) in [7, 11) is -5.01. The van der Waals surface area contributed by atoms with Crippen molar-refractivity contribution in [3.05, 3.63) is 0 Å². The molecule has 2 saturated heterocycles. The number of aliphatic hydroxyl groups excluding tert-OH is 8. The van der Waals surface area contributed by atoms with Crippen molar-refractivity contribution in [3.63, 3.8) is 0 Å². The van der Waals surface area contributed by atoms with E-state index in [0.29, 0.717) is 0 Å². The average molecular weight is 523 g/mol. The van der Waals surface area contributed by atoms with Crippen LogP contribution in [-0.4, -0.2) is 145 Å². The molecule has 15 nitrogen and oxygen atoms in total. The number of nitrogens with zero attached hydrogens (tertiary/aromatic N) is 1. The molecule has 0 aromatic carbocycles. The second kappa shape index (κ2) is 14.4. The molecular formula is C18H38NO14P. The maximum atomic E-state index is 12.0. The summed E-state index contributed by atoms with van der Waals surface area (Å²) in [5.74, 6) is 0. The largest absolute Gasteiger partial charge is 0.474 e. The van der Waals surface area contributed by atoms with Crippen molar-refractivity contribution < 1.29 is 68.8 Å². The van der Waals surface area contributed by atoms with Crippen LogP contribution in [0.5, 0.6) is 0 Å². The predicted molar refractivity (Wildman–Crippen MR) is 113 cm³/mol. The molecule has 0 saturated carbocycles. The average Bonchev–Trinajstić information content (AvgIpc) is 2.81. The standard InChI is InChI=1S/C12H23O14P.C6H15N/c13-1-3-5(14)8(17)10(19)12(25-3)26-27(21,22)23-2-4-6(15)7(16)9(18)11(20)24-4;1-4-7(5-2)6-3/h3-20H,1-2H2,(H,21,22);4-6H2,1-3H3/t3-,4-,5-,6-,7+,8+,9+,10-,11?,12-;/m1./s1. The molecule has 204 valence electrons. The molecule has 2 heterocycles. The Labute approximate surface area is 197 Å². The summed E-state index contributed by atoms with van der Waals surface area (Å²) in [6.45, 7) is 8.45. The van der Waals surface area contributed by atoms with Gasteiger partial charge in [-0.1, -0.05) is 20.8 Å². The number of rotatable bonds is 9. The highest BCUT2D eigenvalue weighted by atomic mass is 31.2. The second-order valence-electron chi connectivity index (χ2n) is 7.72. The highest BCUT2D eigenvalue weighted by Crippen LogP contribution is 2.47. The molecule has 0 aliphatic carbocycles. The van der Waals surface area contributed by atoms with Gasteiger partial charge in [-0.05, 0) is 19.6 Å². The van der Waals surface area contributed by atoms with Gasteiger partial charge in [-0.25, -0.2) is 4.57 Å². The SMILES string of the molecule is CCN(CC)CC.O=P(O)(OC[C@H]1OC(O)[C@@H](O)[C@@H](O)[C@@H]1O)O[C@H]1O[C@H](CO)[C@@H](O)[C@H](O)[C@H]1O. The molecule has 2 unspecified atom stereocenters. The highest BCUT2D eigenvalue weighted by Gasteiger charge is 2.48. The molecule has 16 heteroatoms. The second-order valence-corrected chi connectivity index (χ2v) is 9.13. The maximum absolute atomic E-state index is 12.0. The molecule has 0 spiro atoms. The van der Waals surface area contributed by atoms with Crippen molar-refractivity contribution in [1.82, 2.24) is 4.90 Å². The normalized spacial score (nSPS) is 40.4. The van der Waals surface area contributed by atoms with Gasteiger partial charge in [-0.15, -0.1) is 0 Å². The van der Waals surface area contributed by atoms with Gasteiger partial charge in [-0.3, -0.25) is 9.05 Å². The lowest BCUT2D eigenvalue weighted by Crippen LogP contribution is -2.59. The van der Waals surface area contributed by atoms with Gasteiger partial charge in [0.2, 0.25) is 0 Å². The highest BCUT2D eigenvalue weighted by molar-refractivity contribution is 7.47. The molecule has 2 fully saturated rings. The molecule has 2 aliphatic heterocycles. The summed E-state index contributed by atoms with van der Waals surface area (Å²) in [4.78, 5) is 12.1. The molecule has 0 radical (unpaired) electrons. The van der Waals surface area contributed by atoms with Crippen LogP contribution in [0.2, 0.25) is 0 Å². The molecule has 9 N–H and O–H groups in total.